The molecule has 2 fully saturated rings. The third kappa shape index (κ3) is 4.49. The number of hydrogen-bond donors (Lipinski definition) is 2. The molecule has 4 aromatic rings. The summed E-state index contributed by atoms with van der Waals surface area (Å²) in [5.74, 6) is 0.810. The van der Waals surface area contributed by atoms with Crippen LogP contribution in [0.2, 0.25) is 0 Å². The Morgan fingerprint density at radius 3 is 2.31 bits per heavy atom. The van der Waals surface area contributed by atoms with Crippen LogP contribution in [0.4, 0.5) is 5.95 Å². The number of halogens is 1. The molecule has 3 heterocycles. The van der Waals surface area contributed by atoms with Gasteiger partial charge < -0.3 is 23.2 Å². The van der Waals surface area contributed by atoms with Gasteiger partial charge in [0, 0.05) is 42.4 Å². The molecular weight excluding hydrogens is 458 g/mol. The molecular formula is C28H31ClN5O+. The van der Waals surface area contributed by atoms with Gasteiger partial charge in [-0.2, -0.15) is 0 Å². The number of nitrogens with one attached hydrogen (secondary N) is 1. The van der Waals surface area contributed by atoms with Crippen molar-refractivity contribution in [1.82, 2.24) is 9.97 Å². The zero-order valence-electron chi connectivity index (χ0n) is 19.8. The number of piperidine rings is 1. The minimum Gasteiger partial charge on any atom is -1.00 e. The van der Waals surface area contributed by atoms with Gasteiger partial charge in [-0.25, -0.2) is 9.97 Å². The SMILES string of the molecule is [Cl-].[NH3+]C1(c2ccc(-c3nc4nc(N5CCC(O)CC5)[nH+]cc4cc3-c3ccccc3)cc2)CCC1. The molecule has 180 valence electrons. The maximum atomic E-state index is 9.86. The van der Waals surface area contributed by atoms with E-state index in [9.17, 15) is 5.11 Å². The number of aromatic nitrogens is 3. The van der Waals surface area contributed by atoms with E-state index in [4.69, 9.17) is 9.97 Å². The van der Waals surface area contributed by atoms with Gasteiger partial charge in [-0.15, -0.1) is 0 Å². The van der Waals surface area contributed by atoms with E-state index >= 15 is 0 Å². The fraction of sp³-hybridized carbons (Fsp3) is 0.321. The first-order chi connectivity index (χ1) is 16.6. The Morgan fingerprint density at radius 2 is 1.66 bits per heavy atom. The predicted molar refractivity (Wildman–Crippen MR) is 133 cm³/mol. The average molecular weight is 489 g/mol. The normalized spacial score (nSPS) is 17.6. The fourth-order valence-corrected chi connectivity index (χ4v) is 5.16. The second-order valence-corrected chi connectivity index (χ2v) is 9.82. The number of quaternary nitrogens is 1. The van der Waals surface area contributed by atoms with Gasteiger partial charge >= 0.3 is 5.95 Å². The number of H-pyrrole nitrogens is 1. The van der Waals surface area contributed by atoms with Gasteiger partial charge in [-0.3, -0.25) is 4.90 Å². The topological polar surface area (TPSA) is 91.0 Å². The van der Waals surface area contributed by atoms with Crippen LogP contribution in [-0.2, 0) is 5.54 Å². The predicted octanol–water partition coefficient (Wildman–Crippen LogP) is 0.364. The van der Waals surface area contributed by atoms with E-state index in [1.165, 1.54) is 12.0 Å². The Bertz CT molecular complexity index is 1320. The molecule has 2 aromatic heterocycles. The Kier molecular flexibility index (Phi) is 6.45. The molecule has 5 N–H and O–H groups in total. The van der Waals surface area contributed by atoms with Crippen LogP contribution in [-0.4, -0.2) is 34.3 Å². The number of benzene rings is 2. The first-order valence-corrected chi connectivity index (χ1v) is 12.3. The molecule has 1 saturated carbocycles. The molecule has 0 atom stereocenters. The summed E-state index contributed by atoms with van der Waals surface area (Å²) in [6, 6.07) is 21.4. The van der Waals surface area contributed by atoms with Crippen LogP contribution < -0.4 is 28.0 Å². The van der Waals surface area contributed by atoms with Crippen molar-refractivity contribution in [1.29, 1.82) is 0 Å². The van der Waals surface area contributed by atoms with Gasteiger partial charge in [0.25, 0.3) is 0 Å². The van der Waals surface area contributed by atoms with Gasteiger partial charge in [-0.1, -0.05) is 59.6 Å². The molecule has 7 heteroatoms. The molecule has 2 aromatic carbocycles. The van der Waals surface area contributed by atoms with Gasteiger partial charge in [-0.05, 0) is 18.1 Å². The first kappa shape index (κ1) is 23.7. The van der Waals surface area contributed by atoms with E-state index in [1.54, 1.807) is 0 Å². The molecule has 0 unspecified atom stereocenters. The smallest absolute Gasteiger partial charge is 0.393 e. The molecule has 1 saturated heterocycles. The lowest BCUT2D eigenvalue weighted by molar-refractivity contribution is -0.509. The van der Waals surface area contributed by atoms with Crippen molar-refractivity contribution in [2.24, 2.45) is 0 Å². The molecule has 0 bridgehead atoms. The quantitative estimate of drug-likeness (QED) is 0.434. The summed E-state index contributed by atoms with van der Waals surface area (Å²) in [4.78, 5) is 15.5. The molecule has 0 amide bonds. The molecule has 2 aliphatic rings. The van der Waals surface area contributed by atoms with Crippen molar-refractivity contribution in [2.45, 2.75) is 43.7 Å². The van der Waals surface area contributed by atoms with Gasteiger partial charge in [0.1, 0.15) is 5.54 Å². The summed E-state index contributed by atoms with van der Waals surface area (Å²) in [6.07, 6.45) is 6.89. The van der Waals surface area contributed by atoms with Crippen molar-refractivity contribution in [3.63, 3.8) is 0 Å². The Hall–Kier alpha value is -3.06. The number of aromatic amines is 1. The van der Waals surface area contributed by atoms with E-state index in [0.717, 1.165) is 78.1 Å². The summed E-state index contributed by atoms with van der Waals surface area (Å²) >= 11 is 0. The standard InChI is InChI=1S/C28H29N5O.ClH/c29-28(13-4-14-28)22-9-7-20(8-10-22)25-24(19-5-2-1-3-6-19)17-21-18-30-27(32-26(21)31-25)33-15-11-23(34)12-16-33;/h1-3,5-10,17-18,23,34H,4,11-16,29H2;1H/p+1. The monoisotopic (exact) mass is 488 g/mol. The summed E-state index contributed by atoms with van der Waals surface area (Å²) in [7, 11) is 0. The lowest BCUT2D eigenvalue weighted by atomic mass is 9.72. The zero-order chi connectivity index (χ0) is 23.1. The molecule has 35 heavy (non-hydrogen) atoms. The van der Waals surface area contributed by atoms with E-state index in [-0.39, 0.29) is 24.0 Å². The number of aliphatic hydroxyl groups is 1. The highest BCUT2D eigenvalue weighted by molar-refractivity contribution is 5.89. The number of hydrogen-bond acceptors (Lipinski definition) is 4. The Balaban J connectivity index is 0.00000253. The highest BCUT2D eigenvalue weighted by Crippen LogP contribution is 2.38. The van der Waals surface area contributed by atoms with Crippen molar-refractivity contribution in [3.05, 3.63) is 72.4 Å². The molecule has 6 nitrogen and oxygen atoms in total. The second-order valence-electron chi connectivity index (χ2n) is 9.82. The van der Waals surface area contributed by atoms with E-state index in [1.807, 2.05) is 12.3 Å². The van der Waals surface area contributed by atoms with Crippen LogP contribution in [0.15, 0.2) is 66.9 Å². The number of fused-ring (bicyclic) bond motifs is 1. The Labute approximate surface area is 211 Å². The maximum absolute atomic E-state index is 9.86. The van der Waals surface area contributed by atoms with Crippen molar-refractivity contribution in [3.8, 4) is 22.4 Å². The number of nitrogens with zero attached hydrogens (tertiary/aromatic N) is 3. The lowest BCUT2D eigenvalue weighted by Gasteiger charge is -2.34. The highest BCUT2D eigenvalue weighted by atomic mass is 35.5. The second kappa shape index (κ2) is 9.53. The summed E-state index contributed by atoms with van der Waals surface area (Å²) < 4.78 is 0. The Morgan fingerprint density at radius 1 is 0.943 bits per heavy atom. The molecule has 0 spiro atoms. The third-order valence-electron chi connectivity index (χ3n) is 7.53. The number of anilines is 1. The van der Waals surface area contributed by atoms with Crippen molar-refractivity contribution in [2.75, 3.05) is 18.0 Å². The maximum Gasteiger partial charge on any atom is 0.393 e. The number of rotatable bonds is 4. The summed E-state index contributed by atoms with van der Waals surface area (Å²) in [6.45, 7) is 1.58. The summed E-state index contributed by atoms with van der Waals surface area (Å²) in [5, 5.41) is 10.8. The molecule has 1 aliphatic heterocycles. The lowest BCUT2D eigenvalue weighted by Crippen LogP contribution is -3.00. The minimum absolute atomic E-state index is 0. The van der Waals surface area contributed by atoms with E-state index in [0.29, 0.717) is 0 Å². The van der Waals surface area contributed by atoms with Crippen LogP contribution in [0, 0.1) is 0 Å². The zero-order valence-corrected chi connectivity index (χ0v) is 20.5. The molecule has 6 rings (SSSR count). The van der Waals surface area contributed by atoms with Crippen LogP contribution in [0.25, 0.3) is 33.4 Å². The van der Waals surface area contributed by atoms with Crippen molar-refractivity contribution >= 4 is 17.0 Å². The van der Waals surface area contributed by atoms with Crippen LogP contribution >= 0.6 is 0 Å². The third-order valence-corrected chi connectivity index (χ3v) is 7.53. The van der Waals surface area contributed by atoms with Crippen LogP contribution in [0.3, 0.4) is 0 Å². The van der Waals surface area contributed by atoms with Crippen LogP contribution in [0.1, 0.15) is 37.7 Å². The van der Waals surface area contributed by atoms with E-state index < -0.39 is 0 Å². The highest BCUT2D eigenvalue weighted by Gasteiger charge is 2.38. The minimum atomic E-state index is -0.213. The first-order valence-electron chi connectivity index (χ1n) is 12.3. The number of aliphatic hydroxyl groups excluding tert-OH is 1. The van der Waals surface area contributed by atoms with E-state index in [2.05, 4.69) is 70.2 Å². The van der Waals surface area contributed by atoms with Crippen LogP contribution in [0.5, 0.6) is 0 Å². The molecule has 0 radical (unpaired) electrons. The molecule has 1 aliphatic carbocycles. The largest absolute Gasteiger partial charge is 1.00 e. The van der Waals surface area contributed by atoms with Gasteiger partial charge in [0.2, 0.25) is 5.65 Å². The number of pyridine rings is 1. The fourth-order valence-electron chi connectivity index (χ4n) is 5.16. The average Bonchev–Trinajstić information content (AvgIpc) is 2.87. The van der Waals surface area contributed by atoms with Gasteiger partial charge in [0.05, 0.1) is 36.5 Å². The van der Waals surface area contributed by atoms with Gasteiger partial charge in [0.15, 0.2) is 0 Å². The summed E-state index contributed by atoms with van der Waals surface area (Å²) in [5.41, 5.74) is 10.8. The van der Waals surface area contributed by atoms with Crippen molar-refractivity contribution < 1.29 is 28.2 Å².